The normalized spacial score (nSPS) is 13.3. The predicted molar refractivity (Wildman–Crippen MR) is 86.6 cm³/mol. The zero-order valence-corrected chi connectivity index (χ0v) is 13.1. The first-order valence-corrected chi connectivity index (χ1v) is 8.01. The summed E-state index contributed by atoms with van der Waals surface area (Å²) in [6, 6.07) is 18.6. The minimum absolute atomic E-state index is 0.00695. The Morgan fingerprint density at radius 2 is 1.55 bits per heavy atom. The van der Waals surface area contributed by atoms with Crippen LogP contribution in [0.5, 0.6) is 0 Å². The Bertz CT molecular complexity index is 625. The van der Waals surface area contributed by atoms with E-state index in [9.17, 15) is 14.7 Å². The quantitative estimate of drug-likeness (QED) is 0.738. The summed E-state index contributed by atoms with van der Waals surface area (Å²) in [5.74, 6) is -1.11. The van der Waals surface area contributed by atoms with E-state index in [1.54, 1.807) is 19.1 Å². The van der Waals surface area contributed by atoms with Crippen LogP contribution in [0.4, 0.5) is 0 Å². The fourth-order valence-electron chi connectivity index (χ4n) is 2.12. The van der Waals surface area contributed by atoms with E-state index in [1.165, 1.54) is 11.8 Å². The first-order chi connectivity index (χ1) is 10.6. The van der Waals surface area contributed by atoms with Crippen molar-refractivity contribution < 1.29 is 14.7 Å². The molecule has 0 amide bonds. The molecule has 0 fully saturated rings. The molecular weight excluding hydrogens is 296 g/mol. The number of rotatable bonds is 7. The third-order valence-corrected chi connectivity index (χ3v) is 4.71. The second-order valence-electron chi connectivity index (χ2n) is 4.99. The van der Waals surface area contributed by atoms with Crippen molar-refractivity contribution in [1.29, 1.82) is 0 Å². The topological polar surface area (TPSA) is 57.2 Å². The van der Waals surface area contributed by atoms with Gasteiger partial charge in [0.1, 0.15) is 0 Å². The van der Waals surface area contributed by atoms with E-state index in [0.717, 1.165) is 5.56 Å². The summed E-state index contributed by atoms with van der Waals surface area (Å²) >= 11 is 1.25. The van der Waals surface area contributed by atoms with Gasteiger partial charge in [-0.2, -0.15) is 0 Å². The molecule has 0 aromatic heterocycles. The molecule has 3 nitrogen and oxygen atoms in total. The van der Waals surface area contributed by atoms with Crippen LogP contribution in [0.3, 0.4) is 0 Å². The standard InChI is InChI=1S/C18H18O3S/c1-13(18(20)21)22-17(15-10-6-3-7-11-15)12-16(19)14-8-4-2-5-9-14/h2-11,13,17H,12H2,1H3,(H,20,21)/p-1/t13-,17+/m1/s1. The Balaban J connectivity index is 2.18. The first-order valence-electron chi connectivity index (χ1n) is 7.07. The van der Waals surface area contributed by atoms with Crippen molar-refractivity contribution in [2.24, 2.45) is 0 Å². The number of benzene rings is 2. The van der Waals surface area contributed by atoms with Crippen molar-refractivity contribution in [1.82, 2.24) is 0 Å². The number of carboxylic acids is 1. The molecule has 22 heavy (non-hydrogen) atoms. The molecule has 0 aliphatic heterocycles. The summed E-state index contributed by atoms with van der Waals surface area (Å²) in [6.07, 6.45) is 0.260. The van der Waals surface area contributed by atoms with Crippen molar-refractivity contribution in [3.05, 3.63) is 71.8 Å². The monoisotopic (exact) mass is 313 g/mol. The maximum Gasteiger partial charge on any atom is 0.164 e. The molecule has 0 saturated carbocycles. The van der Waals surface area contributed by atoms with E-state index < -0.39 is 11.2 Å². The first kappa shape index (κ1) is 16.3. The average Bonchev–Trinajstić information content (AvgIpc) is 2.55. The van der Waals surface area contributed by atoms with Gasteiger partial charge < -0.3 is 9.90 Å². The second-order valence-corrected chi connectivity index (χ2v) is 6.54. The molecule has 0 bridgehead atoms. The van der Waals surface area contributed by atoms with E-state index in [0.29, 0.717) is 5.56 Å². The van der Waals surface area contributed by atoms with E-state index in [4.69, 9.17) is 0 Å². The van der Waals surface area contributed by atoms with Gasteiger partial charge in [-0.1, -0.05) is 60.7 Å². The molecule has 0 unspecified atom stereocenters. The molecule has 0 heterocycles. The number of carbonyl (C=O) groups excluding carboxylic acids is 2. The predicted octanol–water partition coefficient (Wildman–Crippen LogP) is 2.87. The smallest absolute Gasteiger partial charge is 0.164 e. The SMILES string of the molecule is C[C@@H](S[C@@H](CC(=O)c1ccccc1)c1ccccc1)C(=O)[O-]. The van der Waals surface area contributed by atoms with Crippen LogP contribution in [-0.2, 0) is 4.79 Å². The lowest BCUT2D eigenvalue weighted by atomic mass is 10.0. The molecule has 0 aliphatic rings. The van der Waals surface area contributed by atoms with Crippen LogP contribution in [0.25, 0.3) is 0 Å². The molecular formula is C18H17O3S-. The number of carbonyl (C=O) groups is 2. The maximum absolute atomic E-state index is 12.4. The van der Waals surface area contributed by atoms with E-state index in [-0.39, 0.29) is 17.5 Å². The third kappa shape index (κ3) is 4.46. The summed E-state index contributed by atoms with van der Waals surface area (Å²) in [4.78, 5) is 23.4. The fourth-order valence-corrected chi connectivity index (χ4v) is 3.29. The van der Waals surface area contributed by atoms with Crippen molar-refractivity contribution in [3.63, 3.8) is 0 Å². The van der Waals surface area contributed by atoms with Gasteiger partial charge in [-0.05, 0) is 12.5 Å². The van der Waals surface area contributed by atoms with Crippen LogP contribution in [0.1, 0.15) is 34.5 Å². The summed E-state index contributed by atoms with van der Waals surface area (Å²) < 4.78 is 0. The Morgan fingerprint density at radius 3 is 2.09 bits per heavy atom. The summed E-state index contributed by atoms with van der Waals surface area (Å²) in [5.41, 5.74) is 1.59. The Kier molecular flexibility index (Phi) is 5.78. The largest absolute Gasteiger partial charge is 0.549 e. The Hall–Kier alpha value is -2.07. The molecule has 0 saturated heterocycles. The highest BCUT2D eigenvalue weighted by Gasteiger charge is 2.20. The van der Waals surface area contributed by atoms with Gasteiger partial charge in [0.05, 0.1) is 5.97 Å². The molecule has 2 atom stereocenters. The molecule has 0 spiro atoms. The number of carboxylic acid groups (broad SMARTS) is 1. The summed E-state index contributed by atoms with van der Waals surface area (Å²) in [5, 5.41) is 10.1. The molecule has 114 valence electrons. The Morgan fingerprint density at radius 1 is 1.00 bits per heavy atom. The van der Waals surface area contributed by atoms with Gasteiger partial charge in [-0.25, -0.2) is 0 Å². The zero-order chi connectivity index (χ0) is 15.9. The van der Waals surface area contributed by atoms with Crippen molar-refractivity contribution >= 4 is 23.5 Å². The van der Waals surface area contributed by atoms with Crippen LogP contribution in [0, 0.1) is 0 Å². The third-order valence-electron chi connectivity index (χ3n) is 3.34. The highest BCUT2D eigenvalue weighted by Crippen LogP contribution is 2.36. The van der Waals surface area contributed by atoms with Gasteiger partial charge >= 0.3 is 0 Å². The van der Waals surface area contributed by atoms with E-state index >= 15 is 0 Å². The molecule has 2 rings (SSSR count). The van der Waals surface area contributed by atoms with Crippen LogP contribution < -0.4 is 5.11 Å². The number of thioether (sulfide) groups is 1. The summed E-state index contributed by atoms with van der Waals surface area (Å²) in [6.45, 7) is 1.59. The lowest BCUT2D eigenvalue weighted by Crippen LogP contribution is -2.32. The number of hydrogen-bond donors (Lipinski definition) is 0. The molecule has 2 aromatic rings. The number of Topliss-reactive ketones (excluding diaryl/α,β-unsaturated/α-hetero) is 1. The van der Waals surface area contributed by atoms with Gasteiger partial charge in [0.2, 0.25) is 0 Å². The van der Waals surface area contributed by atoms with Gasteiger partial charge in [-0.3, -0.25) is 4.79 Å². The van der Waals surface area contributed by atoms with Crippen molar-refractivity contribution in [2.45, 2.75) is 23.8 Å². The van der Waals surface area contributed by atoms with Gasteiger partial charge in [0.15, 0.2) is 5.78 Å². The van der Waals surface area contributed by atoms with E-state index in [2.05, 4.69) is 0 Å². The van der Waals surface area contributed by atoms with Crippen LogP contribution >= 0.6 is 11.8 Å². The van der Waals surface area contributed by atoms with Crippen molar-refractivity contribution in [2.75, 3.05) is 0 Å². The van der Waals surface area contributed by atoms with Gasteiger partial charge in [-0.15, -0.1) is 11.8 Å². The van der Waals surface area contributed by atoms with E-state index in [1.807, 2.05) is 48.5 Å². The molecule has 2 aromatic carbocycles. The lowest BCUT2D eigenvalue weighted by molar-refractivity contribution is -0.304. The molecule has 0 radical (unpaired) electrons. The maximum atomic E-state index is 12.4. The second kappa shape index (κ2) is 7.80. The van der Waals surface area contributed by atoms with Crippen LogP contribution in [0.2, 0.25) is 0 Å². The Labute approximate surface area is 134 Å². The molecule has 0 aliphatic carbocycles. The van der Waals surface area contributed by atoms with Gasteiger partial charge in [0.25, 0.3) is 0 Å². The van der Waals surface area contributed by atoms with Crippen LogP contribution in [0.15, 0.2) is 60.7 Å². The molecule has 4 heteroatoms. The highest BCUT2D eigenvalue weighted by molar-refractivity contribution is 8.00. The zero-order valence-electron chi connectivity index (χ0n) is 12.3. The number of aliphatic carboxylic acids is 1. The molecule has 0 N–H and O–H groups in total. The minimum atomic E-state index is -1.11. The number of ketones is 1. The fraction of sp³-hybridized carbons (Fsp3) is 0.222. The minimum Gasteiger partial charge on any atom is -0.549 e. The van der Waals surface area contributed by atoms with Crippen molar-refractivity contribution in [3.8, 4) is 0 Å². The average molecular weight is 313 g/mol. The highest BCUT2D eigenvalue weighted by atomic mass is 32.2. The van der Waals surface area contributed by atoms with Gasteiger partial charge in [0, 0.05) is 22.5 Å². The van der Waals surface area contributed by atoms with Crippen LogP contribution in [-0.4, -0.2) is 17.0 Å². The summed E-state index contributed by atoms with van der Waals surface area (Å²) in [7, 11) is 0. The lowest BCUT2D eigenvalue weighted by Gasteiger charge is -2.21. The number of hydrogen-bond acceptors (Lipinski definition) is 4.